The monoisotopic (exact) mass is 447 g/mol. The van der Waals surface area contributed by atoms with Gasteiger partial charge in [-0.1, -0.05) is 35.0 Å². The molecule has 0 spiro atoms. The Morgan fingerprint density at radius 2 is 1.73 bits per heavy atom. The number of benzene rings is 2. The van der Waals surface area contributed by atoms with Gasteiger partial charge in [0.05, 0.1) is 19.4 Å². The van der Waals surface area contributed by atoms with Gasteiger partial charge < -0.3 is 19.2 Å². The maximum absolute atomic E-state index is 13.3. The SMILES string of the molecule is Cc1ccc(CNC(=O)c2cc(CN(Cc3ccco3)C(=O)c3ccc(F)cc3)on2)cc1. The molecular formula is C25H22FN3O4. The first-order valence-corrected chi connectivity index (χ1v) is 10.3. The van der Waals surface area contributed by atoms with Crippen molar-refractivity contribution >= 4 is 11.8 Å². The third-order valence-corrected chi connectivity index (χ3v) is 5.02. The van der Waals surface area contributed by atoms with E-state index in [1.807, 2.05) is 31.2 Å². The van der Waals surface area contributed by atoms with Gasteiger partial charge in [-0.2, -0.15) is 0 Å². The van der Waals surface area contributed by atoms with Crippen LogP contribution in [-0.2, 0) is 19.6 Å². The summed E-state index contributed by atoms with van der Waals surface area (Å²) in [5.41, 5.74) is 2.54. The van der Waals surface area contributed by atoms with Crippen LogP contribution in [0, 0.1) is 12.7 Å². The molecule has 33 heavy (non-hydrogen) atoms. The summed E-state index contributed by atoms with van der Waals surface area (Å²) in [4.78, 5) is 27.0. The number of halogens is 1. The summed E-state index contributed by atoms with van der Waals surface area (Å²) in [5, 5.41) is 6.64. The fourth-order valence-corrected chi connectivity index (χ4v) is 3.23. The Kier molecular flexibility index (Phi) is 6.64. The Labute approximate surface area is 189 Å². The number of aromatic nitrogens is 1. The van der Waals surface area contributed by atoms with Crippen LogP contribution in [0.2, 0.25) is 0 Å². The molecule has 2 amide bonds. The van der Waals surface area contributed by atoms with Crippen molar-refractivity contribution in [2.75, 3.05) is 0 Å². The molecule has 0 bridgehead atoms. The number of carbonyl (C=O) groups excluding carboxylic acids is 2. The third kappa shape index (κ3) is 5.74. The maximum Gasteiger partial charge on any atom is 0.273 e. The van der Waals surface area contributed by atoms with E-state index >= 15 is 0 Å². The van der Waals surface area contributed by atoms with Crippen LogP contribution in [0.5, 0.6) is 0 Å². The molecule has 0 saturated heterocycles. The predicted octanol–water partition coefficient (Wildman–Crippen LogP) is 4.49. The summed E-state index contributed by atoms with van der Waals surface area (Å²) in [6, 6.07) is 18.1. The number of furan rings is 1. The lowest BCUT2D eigenvalue weighted by Gasteiger charge is -2.20. The highest BCUT2D eigenvalue weighted by Gasteiger charge is 2.21. The van der Waals surface area contributed by atoms with E-state index in [9.17, 15) is 14.0 Å². The average Bonchev–Trinajstić information content (AvgIpc) is 3.50. The first-order valence-electron chi connectivity index (χ1n) is 10.3. The van der Waals surface area contributed by atoms with E-state index in [-0.39, 0.29) is 30.6 Å². The van der Waals surface area contributed by atoms with Gasteiger partial charge in [-0.15, -0.1) is 0 Å². The van der Waals surface area contributed by atoms with Gasteiger partial charge in [-0.25, -0.2) is 4.39 Å². The molecule has 0 aliphatic heterocycles. The molecule has 0 radical (unpaired) electrons. The van der Waals surface area contributed by atoms with E-state index in [1.165, 1.54) is 41.5 Å². The Balaban J connectivity index is 1.44. The van der Waals surface area contributed by atoms with Gasteiger partial charge in [0.1, 0.15) is 11.6 Å². The summed E-state index contributed by atoms with van der Waals surface area (Å²) in [5.74, 6) is -0.250. The smallest absolute Gasteiger partial charge is 0.273 e. The van der Waals surface area contributed by atoms with Gasteiger partial charge in [-0.3, -0.25) is 9.59 Å². The molecule has 0 aliphatic rings. The van der Waals surface area contributed by atoms with Crippen molar-refractivity contribution in [3.8, 4) is 0 Å². The molecule has 2 heterocycles. The van der Waals surface area contributed by atoms with Crippen molar-refractivity contribution < 1.29 is 22.9 Å². The van der Waals surface area contributed by atoms with Crippen LogP contribution in [0.15, 0.2) is 81.9 Å². The van der Waals surface area contributed by atoms with Gasteiger partial charge in [0.15, 0.2) is 11.5 Å². The maximum atomic E-state index is 13.3. The topological polar surface area (TPSA) is 88.6 Å². The lowest BCUT2D eigenvalue weighted by molar-refractivity contribution is 0.0700. The summed E-state index contributed by atoms with van der Waals surface area (Å²) >= 11 is 0. The van der Waals surface area contributed by atoms with Gasteiger partial charge >= 0.3 is 0 Å². The van der Waals surface area contributed by atoms with Crippen molar-refractivity contribution in [2.45, 2.75) is 26.6 Å². The van der Waals surface area contributed by atoms with Crippen LogP contribution in [0.25, 0.3) is 0 Å². The molecule has 0 atom stereocenters. The molecule has 0 aliphatic carbocycles. The van der Waals surface area contributed by atoms with Crippen LogP contribution in [0.4, 0.5) is 4.39 Å². The second-order valence-electron chi connectivity index (χ2n) is 7.59. The molecule has 0 fully saturated rings. The predicted molar refractivity (Wildman–Crippen MR) is 118 cm³/mol. The number of nitrogens with one attached hydrogen (secondary N) is 1. The zero-order valence-electron chi connectivity index (χ0n) is 18.0. The number of carbonyl (C=O) groups is 2. The molecule has 4 aromatic rings. The minimum Gasteiger partial charge on any atom is -0.467 e. The molecule has 168 valence electrons. The molecule has 8 heteroatoms. The van der Waals surface area contributed by atoms with E-state index < -0.39 is 5.82 Å². The van der Waals surface area contributed by atoms with Crippen LogP contribution in [0.1, 0.15) is 43.5 Å². The van der Waals surface area contributed by atoms with Crippen molar-refractivity contribution in [3.63, 3.8) is 0 Å². The fraction of sp³-hybridized carbons (Fsp3) is 0.160. The first kappa shape index (κ1) is 22.0. The Bertz CT molecular complexity index is 1220. The zero-order chi connectivity index (χ0) is 23.2. The molecule has 1 N–H and O–H groups in total. The first-order chi connectivity index (χ1) is 16.0. The van der Waals surface area contributed by atoms with Gasteiger partial charge in [0, 0.05) is 18.2 Å². The van der Waals surface area contributed by atoms with Crippen LogP contribution < -0.4 is 5.32 Å². The van der Waals surface area contributed by atoms with Gasteiger partial charge in [-0.05, 0) is 48.9 Å². The Morgan fingerprint density at radius 3 is 2.42 bits per heavy atom. The normalized spacial score (nSPS) is 10.7. The number of aryl methyl sites for hydroxylation is 1. The molecular weight excluding hydrogens is 425 g/mol. The van der Waals surface area contributed by atoms with E-state index in [0.29, 0.717) is 23.6 Å². The van der Waals surface area contributed by atoms with E-state index in [2.05, 4.69) is 10.5 Å². The minimum absolute atomic E-state index is 0.0507. The number of rotatable bonds is 8. The average molecular weight is 447 g/mol. The highest BCUT2D eigenvalue weighted by atomic mass is 19.1. The minimum atomic E-state index is -0.430. The third-order valence-electron chi connectivity index (χ3n) is 5.02. The molecule has 0 saturated carbocycles. The van der Waals surface area contributed by atoms with Crippen molar-refractivity contribution in [1.29, 1.82) is 0 Å². The number of nitrogens with zero attached hydrogens (tertiary/aromatic N) is 2. The molecule has 7 nitrogen and oxygen atoms in total. The molecule has 2 aromatic carbocycles. The van der Waals surface area contributed by atoms with Gasteiger partial charge in [0.2, 0.25) is 0 Å². The lowest BCUT2D eigenvalue weighted by Crippen LogP contribution is -2.30. The standard InChI is InChI=1S/C25H22FN3O4/c1-17-4-6-18(7-5-17)14-27-24(30)23-13-22(33-28-23)16-29(15-21-3-2-12-32-21)25(31)19-8-10-20(26)11-9-19/h2-13H,14-16H2,1H3,(H,27,30). The summed E-state index contributed by atoms with van der Waals surface area (Å²) in [7, 11) is 0. The van der Waals surface area contributed by atoms with E-state index in [0.717, 1.165) is 11.1 Å². The van der Waals surface area contributed by atoms with Crippen LogP contribution in [-0.4, -0.2) is 21.9 Å². The Morgan fingerprint density at radius 1 is 1.00 bits per heavy atom. The summed E-state index contributed by atoms with van der Waals surface area (Å²) < 4.78 is 23.9. The summed E-state index contributed by atoms with van der Waals surface area (Å²) in [6.07, 6.45) is 1.51. The molecule has 2 aromatic heterocycles. The Hall–Kier alpha value is -4.20. The number of hydrogen-bond donors (Lipinski definition) is 1. The second-order valence-corrected chi connectivity index (χ2v) is 7.59. The van der Waals surface area contributed by atoms with E-state index in [1.54, 1.807) is 12.1 Å². The number of hydrogen-bond acceptors (Lipinski definition) is 5. The lowest BCUT2D eigenvalue weighted by atomic mass is 10.1. The zero-order valence-corrected chi connectivity index (χ0v) is 18.0. The molecule has 4 rings (SSSR count). The fourth-order valence-electron chi connectivity index (χ4n) is 3.23. The van der Waals surface area contributed by atoms with Crippen LogP contribution >= 0.6 is 0 Å². The summed E-state index contributed by atoms with van der Waals surface area (Å²) in [6.45, 7) is 2.57. The van der Waals surface area contributed by atoms with Crippen molar-refractivity contribution in [2.24, 2.45) is 0 Å². The molecule has 0 unspecified atom stereocenters. The largest absolute Gasteiger partial charge is 0.467 e. The quantitative estimate of drug-likeness (QED) is 0.430. The van der Waals surface area contributed by atoms with Crippen LogP contribution in [0.3, 0.4) is 0 Å². The van der Waals surface area contributed by atoms with Gasteiger partial charge in [0.25, 0.3) is 11.8 Å². The number of amides is 2. The second kappa shape index (κ2) is 9.95. The van der Waals surface area contributed by atoms with Crippen molar-refractivity contribution in [3.05, 3.63) is 113 Å². The van der Waals surface area contributed by atoms with E-state index in [4.69, 9.17) is 8.94 Å². The highest BCUT2D eigenvalue weighted by molar-refractivity contribution is 5.94. The van der Waals surface area contributed by atoms with Crippen molar-refractivity contribution in [1.82, 2.24) is 15.4 Å². The highest BCUT2D eigenvalue weighted by Crippen LogP contribution is 2.16.